The minimum Gasteiger partial charge on any atom is -0.143 e. The molecule has 0 aliphatic rings. The molecule has 0 bridgehead atoms. The highest BCUT2D eigenvalue weighted by Crippen LogP contribution is 2.40. The van der Waals surface area contributed by atoms with Crippen LogP contribution in [0.3, 0.4) is 0 Å². The van der Waals surface area contributed by atoms with Gasteiger partial charge in [0.05, 0.1) is 5.38 Å². The maximum Gasteiger partial charge on any atom is 0.0860 e. The molecule has 2 aromatic carbocycles. The van der Waals surface area contributed by atoms with E-state index in [4.69, 9.17) is 11.6 Å². The van der Waals surface area contributed by atoms with Crippen LogP contribution in [-0.2, 0) is 0 Å². The van der Waals surface area contributed by atoms with Crippen molar-refractivity contribution >= 4 is 71.5 Å². The summed E-state index contributed by atoms with van der Waals surface area (Å²) in [6.45, 7) is 0. The fourth-order valence-corrected chi connectivity index (χ4v) is 4.62. The van der Waals surface area contributed by atoms with E-state index in [9.17, 15) is 0 Å². The molecule has 0 spiro atoms. The van der Waals surface area contributed by atoms with Gasteiger partial charge in [0.25, 0.3) is 0 Å². The molecule has 0 nitrogen and oxygen atoms in total. The van der Waals surface area contributed by atoms with Gasteiger partial charge in [0, 0.05) is 12.7 Å². The molecule has 3 aromatic rings. The second-order valence-corrected chi connectivity index (χ2v) is 7.66. The molecule has 0 saturated heterocycles. The molecule has 1 aromatic heterocycles. The van der Waals surface area contributed by atoms with Crippen molar-refractivity contribution < 1.29 is 0 Å². The first kappa shape index (κ1) is 13.9. The van der Waals surface area contributed by atoms with Crippen LogP contribution >= 0.6 is 61.5 Å². The average Bonchev–Trinajstić information content (AvgIpc) is 2.84. The molecule has 1 atom stereocenters. The Kier molecular flexibility index (Phi) is 4.17. The highest BCUT2D eigenvalue weighted by molar-refractivity contribution is 14.1. The maximum atomic E-state index is 6.70. The third-order valence-corrected chi connectivity index (χ3v) is 5.86. The number of rotatable bonds is 2. The smallest absolute Gasteiger partial charge is 0.0860 e. The number of alkyl halides is 1. The summed E-state index contributed by atoms with van der Waals surface area (Å²) >= 11 is 14.4. The van der Waals surface area contributed by atoms with Crippen molar-refractivity contribution in [2.45, 2.75) is 5.38 Å². The molecule has 0 aliphatic carbocycles. The summed E-state index contributed by atoms with van der Waals surface area (Å²) in [7, 11) is 0. The van der Waals surface area contributed by atoms with Gasteiger partial charge in [-0.2, -0.15) is 0 Å². The van der Waals surface area contributed by atoms with E-state index in [0.29, 0.717) is 0 Å². The van der Waals surface area contributed by atoms with Crippen molar-refractivity contribution in [2.75, 3.05) is 0 Å². The lowest BCUT2D eigenvalue weighted by Gasteiger charge is -2.12. The van der Waals surface area contributed by atoms with Crippen molar-refractivity contribution in [1.29, 1.82) is 0 Å². The summed E-state index contributed by atoms with van der Waals surface area (Å²) in [6.07, 6.45) is 0. The average molecular weight is 464 g/mol. The normalized spacial score (nSPS) is 12.8. The van der Waals surface area contributed by atoms with Gasteiger partial charge in [-0.05, 0) is 68.7 Å². The molecule has 0 aliphatic heterocycles. The van der Waals surface area contributed by atoms with Crippen LogP contribution in [0.25, 0.3) is 10.1 Å². The van der Waals surface area contributed by atoms with E-state index in [-0.39, 0.29) is 5.38 Å². The quantitative estimate of drug-likeness (QED) is 0.297. The monoisotopic (exact) mass is 462 g/mol. The van der Waals surface area contributed by atoms with Gasteiger partial charge in [-0.15, -0.1) is 22.9 Å². The van der Waals surface area contributed by atoms with E-state index in [1.54, 1.807) is 11.3 Å². The van der Waals surface area contributed by atoms with Crippen molar-refractivity contribution in [3.05, 3.63) is 67.0 Å². The number of fused-ring (bicyclic) bond motifs is 1. The lowest BCUT2D eigenvalue weighted by Crippen LogP contribution is -1.94. The van der Waals surface area contributed by atoms with Crippen LogP contribution in [-0.4, -0.2) is 0 Å². The number of hydrogen-bond acceptors (Lipinski definition) is 1. The lowest BCUT2D eigenvalue weighted by molar-refractivity contribution is 1.15. The van der Waals surface area contributed by atoms with Gasteiger partial charge in [-0.25, -0.2) is 0 Å². The predicted molar refractivity (Wildman–Crippen MR) is 96.4 cm³/mol. The second kappa shape index (κ2) is 5.72. The molecule has 0 N–H and O–H groups in total. The summed E-state index contributed by atoms with van der Waals surface area (Å²) in [4.78, 5) is 0. The molecular formula is C15H9BrClIS. The first-order valence-corrected chi connectivity index (χ1v) is 8.91. The van der Waals surface area contributed by atoms with Crippen LogP contribution in [0.15, 0.2) is 52.3 Å². The molecule has 96 valence electrons. The van der Waals surface area contributed by atoms with Crippen LogP contribution in [0.4, 0.5) is 0 Å². The topological polar surface area (TPSA) is 0 Å². The molecule has 0 amide bonds. The zero-order valence-electron chi connectivity index (χ0n) is 9.74. The summed E-state index contributed by atoms with van der Waals surface area (Å²) in [6, 6.07) is 14.7. The minimum atomic E-state index is -0.125. The van der Waals surface area contributed by atoms with Crippen LogP contribution in [0.2, 0.25) is 0 Å². The Morgan fingerprint density at radius 3 is 2.74 bits per heavy atom. The Morgan fingerprint density at radius 2 is 1.89 bits per heavy atom. The SMILES string of the molecule is ClC(c1cc(I)ccc1Br)c1csc2ccccc12. The Labute approximate surface area is 143 Å². The molecule has 3 rings (SSSR count). The highest BCUT2D eigenvalue weighted by Gasteiger charge is 2.17. The summed E-state index contributed by atoms with van der Waals surface area (Å²) in [5.41, 5.74) is 2.31. The fraction of sp³-hybridized carbons (Fsp3) is 0.0667. The number of benzene rings is 2. The maximum absolute atomic E-state index is 6.70. The molecule has 19 heavy (non-hydrogen) atoms. The van der Waals surface area contributed by atoms with E-state index < -0.39 is 0 Å². The first-order valence-electron chi connectivity index (χ1n) is 5.72. The standard InChI is InChI=1S/C15H9BrClIS/c16-13-6-5-9(18)7-11(13)15(17)12-8-19-14-4-2-1-3-10(12)14/h1-8,15H. The van der Waals surface area contributed by atoms with Gasteiger partial charge < -0.3 is 0 Å². The summed E-state index contributed by atoms with van der Waals surface area (Å²) in [5.74, 6) is 0. The zero-order valence-corrected chi connectivity index (χ0v) is 15.1. The van der Waals surface area contributed by atoms with Gasteiger partial charge >= 0.3 is 0 Å². The predicted octanol–water partition coefficient (Wildman–Crippen LogP) is 6.60. The van der Waals surface area contributed by atoms with Gasteiger partial charge in [-0.3, -0.25) is 0 Å². The molecule has 1 unspecified atom stereocenters. The zero-order chi connectivity index (χ0) is 13.4. The molecule has 0 radical (unpaired) electrons. The largest absolute Gasteiger partial charge is 0.143 e. The van der Waals surface area contributed by atoms with Crippen LogP contribution in [0.5, 0.6) is 0 Å². The first-order chi connectivity index (χ1) is 9.16. The van der Waals surface area contributed by atoms with Gasteiger partial charge in [-0.1, -0.05) is 34.1 Å². The Hall–Kier alpha value is -0.100. The van der Waals surface area contributed by atoms with E-state index in [1.807, 2.05) is 0 Å². The van der Waals surface area contributed by atoms with E-state index in [1.165, 1.54) is 19.2 Å². The van der Waals surface area contributed by atoms with E-state index in [0.717, 1.165) is 10.0 Å². The van der Waals surface area contributed by atoms with Gasteiger partial charge in [0.15, 0.2) is 0 Å². The molecule has 1 heterocycles. The van der Waals surface area contributed by atoms with Crippen molar-refractivity contribution in [3.8, 4) is 0 Å². The third kappa shape index (κ3) is 2.71. The van der Waals surface area contributed by atoms with Crippen molar-refractivity contribution in [1.82, 2.24) is 0 Å². The van der Waals surface area contributed by atoms with Crippen molar-refractivity contribution in [2.24, 2.45) is 0 Å². The Balaban J connectivity index is 2.13. The Morgan fingerprint density at radius 1 is 1.11 bits per heavy atom. The summed E-state index contributed by atoms with van der Waals surface area (Å²) < 4.78 is 3.54. The Bertz CT molecular complexity index is 738. The fourth-order valence-electron chi connectivity index (χ4n) is 2.07. The molecule has 4 heteroatoms. The number of thiophene rings is 1. The third-order valence-electron chi connectivity index (χ3n) is 3.02. The van der Waals surface area contributed by atoms with E-state index in [2.05, 4.69) is 86.4 Å². The van der Waals surface area contributed by atoms with Crippen LogP contribution in [0, 0.1) is 3.57 Å². The van der Waals surface area contributed by atoms with Gasteiger partial charge in [0.1, 0.15) is 0 Å². The van der Waals surface area contributed by atoms with E-state index >= 15 is 0 Å². The molecule has 0 saturated carbocycles. The minimum absolute atomic E-state index is 0.125. The van der Waals surface area contributed by atoms with Crippen LogP contribution < -0.4 is 0 Å². The van der Waals surface area contributed by atoms with Gasteiger partial charge in [0.2, 0.25) is 0 Å². The van der Waals surface area contributed by atoms with Crippen molar-refractivity contribution in [3.63, 3.8) is 0 Å². The molecular weight excluding hydrogens is 454 g/mol. The summed E-state index contributed by atoms with van der Waals surface area (Å²) in [5, 5.41) is 3.28. The number of halogens is 3. The second-order valence-electron chi connectivity index (χ2n) is 4.22. The highest BCUT2D eigenvalue weighted by atomic mass is 127. The lowest BCUT2D eigenvalue weighted by atomic mass is 10.0. The number of hydrogen-bond donors (Lipinski definition) is 0. The van der Waals surface area contributed by atoms with Crippen LogP contribution in [0.1, 0.15) is 16.5 Å². The molecule has 0 fully saturated rings.